The van der Waals surface area contributed by atoms with Crippen LogP contribution in [0.4, 0.5) is 11.6 Å². The summed E-state index contributed by atoms with van der Waals surface area (Å²) in [6, 6.07) is 10.5. The third kappa shape index (κ3) is 5.03. The van der Waals surface area contributed by atoms with E-state index in [0.29, 0.717) is 49.8 Å². The number of para-hydroxylation sites is 2. The van der Waals surface area contributed by atoms with Crippen molar-refractivity contribution in [1.29, 1.82) is 0 Å². The van der Waals surface area contributed by atoms with Crippen molar-refractivity contribution in [2.75, 3.05) is 37.7 Å². The van der Waals surface area contributed by atoms with E-state index < -0.39 is 6.04 Å². The number of rotatable bonds is 9. The van der Waals surface area contributed by atoms with Crippen LogP contribution in [-0.4, -0.2) is 47.8 Å². The number of halogens is 1. The zero-order valence-electron chi connectivity index (χ0n) is 20.7. The zero-order chi connectivity index (χ0) is 25.8. The van der Waals surface area contributed by atoms with Crippen molar-refractivity contribution in [3.63, 3.8) is 0 Å². The molecule has 190 valence electrons. The highest BCUT2D eigenvalue weighted by Crippen LogP contribution is 2.43. The molecular weight excluding hydrogens is 546 g/mol. The SMILES string of the molecule is CCCSc1nc2n(n1)C(c1cc(Br)c(OC)c(OC)c1)C(C(=O)Nc1ccccc1OC)=C(C)N2. The highest BCUT2D eigenvalue weighted by molar-refractivity contribution is 9.10. The lowest BCUT2D eigenvalue weighted by molar-refractivity contribution is -0.113. The molecule has 36 heavy (non-hydrogen) atoms. The molecule has 0 aliphatic carbocycles. The molecule has 0 saturated carbocycles. The highest BCUT2D eigenvalue weighted by Gasteiger charge is 2.35. The van der Waals surface area contributed by atoms with Gasteiger partial charge in [0.25, 0.3) is 5.91 Å². The molecule has 11 heteroatoms. The summed E-state index contributed by atoms with van der Waals surface area (Å²) < 4.78 is 19.0. The number of methoxy groups -OCH3 is 3. The van der Waals surface area contributed by atoms with Crippen LogP contribution in [0.2, 0.25) is 0 Å². The van der Waals surface area contributed by atoms with Gasteiger partial charge in [0.05, 0.1) is 37.1 Å². The second kappa shape index (κ2) is 11.3. The number of anilines is 2. The number of aromatic nitrogens is 3. The van der Waals surface area contributed by atoms with Gasteiger partial charge in [-0.3, -0.25) is 4.79 Å². The number of carbonyl (C=O) groups excluding carboxylic acids is 1. The van der Waals surface area contributed by atoms with Crippen molar-refractivity contribution in [2.24, 2.45) is 0 Å². The fourth-order valence-electron chi connectivity index (χ4n) is 4.02. The number of allylic oxidation sites excluding steroid dienone is 1. The van der Waals surface area contributed by atoms with E-state index in [-0.39, 0.29) is 5.91 Å². The molecule has 2 aromatic carbocycles. The van der Waals surface area contributed by atoms with E-state index in [1.54, 1.807) is 49.9 Å². The number of thioether (sulfide) groups is 1. The Hall–Kier alpha value is -3.18. The average molecular weight is 575 g/mol. The molecule has 4 rings (SSSR count). The summed E-state index contributed by atoms with van der Waals surface area (Å²) in [5.74, 6) is 2.83. The molecule has 1 aliphatic rings. The predicted octanol–water partition coefficient (Wildman–Crippen LogP) is 5.50. The molecular formula is C25H28BrN5O4S. The van der Waals surface area contributed by atoms with Crippen molar-refractivity contribution in [1.82, 2.24) is 14.8 Å². The third-order valence-corrected chi connectivity index (χ3v) is 7.27. The van der Waals surface area contributed by atoms with Gasteiger partial charge >= 0.3 is 0 Å². The molecule has 1 atom stereocenters. The van der Waals surface area contributed by atoms with Crippen LogP contribution in [0.5, 0.6) is 17.2 Å². The molecule has 3 aromatic rings. The van der Waals surface area contributed by atoms with E-state index in [0.717, 1.165) is 17.7 Å². The summed E-state index contributed by atoms with van der Waals surface area (Å²) in [5.41, 5.74) is 2.51. The largest absolute Gasteiger partial charge is 0.495 e. The summed E-state index contributed by atoms with van der Waals surface area (Å²) in [4.78, 5) is 18.5. The number of ether oxygens (including phenoxy) is 3. The van der Waals surface area contributed by atoms with Gasteiger partial charge in [0, 0.05) is 11.4 Å². The van der Waals surface area contributed by atoms with Gasteiger partial charge in [0.1, 0.15) is 11.8 Å². The Morgan fingerprint density at radius 2 is 1.92 bits per heavy atom. The van der Waals surface area contributed by atoms with Gasteiger partial charge in [-0.2, -0.15) is 4.98 Å². The molecule has 1 aliphatic heterocycles. The second-order valence-electron chi connectivity index (χ2n) is 7.97. The van der Waals surface area contributed by atoms with Gasteiger partial charge in [-0.05, 0) is 59.1 Å². The summed E-state index contributed by atoms with van der Waals surface area (Å²) in [5, 5.41) is 11.7. The molecule has 0 fully saturated rings. The first kappa shape index (κ1) is 25.9. The lowest BCUT2D eigenvalue weighted by Crippen LogP contribution is -2.31. The molecule has 2 heterocycles. The fraction of sp³-hybridized carbons (Fsp3) is 0.320. The molecule has 0 spiro atoms. The van der Waals surface area contributed by atoms with Crippen LogP contribution in [-0.2, 0) is 4.79 Å². The van der Waals surface area contributed by atoms with Crippen molar-refractivity contribution in [3.05, 3.63) is 57.7 Å². The topological polar surface area (TPSA) is 99.5 Å². The Bertz CT molecular complexity index is 1310. The number of nitrogens with one attached hydrogen (secondary N) is 2. The molecule has 1 amide bonds. The van der Waals surface area contributed by atoms with Gasteiger partial charge in [-0.1, -0.05) is 30.8 Å². The van der Waals surface area contributed by atoms with Crippen LogP contribution in [0.1, 0.15) is 31.9 Å². The molecule has 2 N–H and O–H groups in total. The maximum atomic E-state index is 13.8. The number of hydrogen-bond donors (Lipinski definition) is 2. The van der Waals surface area contributed by atoms with Crippen LogP contribution < -0.4 is 24.8 Å². The van der Waals surface area contributed by atoms with E-state index >= 15 is 0 Å². The van der Waals surface area contributed by atoms with Crippen LogP contribution in [0.25, 0.3) is 0 Å². The first-order chi connectivity index (χ1) is 17.4. The summed E-state index contributed by atoms with van der Waals surface area (Å²) in [6.45, 7) is 3.97. The molecule has 1 unspecified atom stereocenters. The van der Waals surface area contributed by atoms with Gasteiger partial charge in [0.2, 0.25) is 11.1 Å². The number of carbonyl (C=O) groups is 1. The summed E-state index contributed by atoms with van der Waals surface area (Å²) in [6.07, 6.45) is 0.998. The van der Waals surface area contributed by atoms with E-state index in [9.17, 15) is 4.79 Å². The number of fused-ring (bicyclic) bond motifs is 1. The standard InChI is InChI=1S/C25H28BrN5O4S/c1-6-11-36-25-29-24-27-14(2)20(23(32)28-17-9-7-8-10-18(17)33-3)21(31(24)30-25)15-12-16(26)22(35-5)19(13-15)34-4/h7-10,12-13,21H,6,11H2,1-5H3,(H,28,32)(H,27,29,30). The van der Waals surface area contributed by atoms with Gasteiger partial charge in [-0.25, -0.2) is 4.68 Å². The Kier molecular flexibility index (Phi) is 8.10. The zero-order valence-corrected chi connectivity index (χ0v) is 23.1. The maximum absolute atomic E-state index is 13.8. The normalized spacial score (nSPS) is 14.7. The molecule has 0 radical (unpaired) electrons. The minimum atomic E-state index is -0.574. The number of hydrogen-bond acceptors (Lipinski definition) is 8. The van der Waals surface area contributed by atoms with Crippen molar-refractivity contribution >= 4 is 45.2 Å². The number of benzene rings is 2. The summed E-state index contributed by atoms with van der Waals surface area (Å²) >= 11 is 5.16. The molecule has 0 bridgehead atoms. The van der Waals surface area contributed by atoms with Crippen LogP contribution >= 0.6 is 27.7 Å². The van der Waals surface area contributed by atoms with Crippen LogP contribution in [0, 0.1) is 0 Å². The molecule has 0 saturated heterocycles. The Labute approximate surface area is 222 Å². The van der Waals surface area contributed by atoms with E-state index in [1.165, 1.54) is 0 Å². The second-order valence-corrected chi connectivity index (χ2v) is 9.89. The Morgan fingerprint density at radius 1 is 1.17 bits per heavy atom. The maximum Gasteiger partial charge on any atom is 0.255 e. The van der Waals surface area contributed by atoms with Gasteiger partial charge in [0.15, 0.2) is 11.5 Å². The first-order valence-electron chi connectivity index (χ1n) is 11.3. The van der Waals surface area contributed by atoms with E-state index in [1.807, 2.05) is 31.2 Å². The first-order valence-corrected chi connectivity index (χ1v) is 13.1. The monoisotopic (exact) mass is 573 g/mol. The van der Waals surface area contributed by atoms with Gasteiger partial charge in [-0.15, -0.1) is 5.10 Å². The quantitative estimate of drug-likeness (QED) is 0.324. The minimum Gasteiger partial charge on any atom is -0.495 e. The number of nitrogens with zero attached hydrogens (tertiary/aromatic N) is 3. The minimum absolute atomic E-state index is 0.288. The van der Waals surface area contributed by atoms with Crippen LogP contribution in [0.15, 0.2) is 57.3 Å². The number of amides is 1. The third-order valence-electron chi connectivity index (χ3n) is 5.64. The lowest BCUT2D eigenvalue weighted by atomic mass is 9.94. The molecule has 1 aromatic heterocycles. The lowest BCUT2D eigenvalue weighted by Gasteiger charge is -2.29. The smallest absolute Gasteiger partial charge is 0.255 e. The summed E-state index contributed by atoms with van der Waals surface area (Å²) in [7, 11) is 4.72. The van der Waals surface area contributed by atoms with Crippen molar-refractivity contribution < 1.29 is 19.0 Å². The fourth-order valence-corrected chi connectivity index (χ4v) is 5.33. The Morgan fingerprint density at radius 3 is 2.61 bits per heavy atom. The molecule has 9 nitrogen and oxygen atoms in total. The van der Waals surface area contributed by atoms with Gasteiger partial charge < -0.3 is 24.8 Å². The van der Waals surface area contributed by atoms with Crippen molar-refractivity contribution in [3.8, 4) is 17.2 Å². The predicted molar refractivity (Wildman–Crippen MR) is 144 cm³/mol. The highest BCUT2D eigenvalue weighted by atomic mass is 79.9. The van der Waals surface area contributed by atoms with Crippen molar-refractivity contribution in [2.45, 2.75) is 31.5 Å². The average Bonchev–Trinajstić information content (AvgIpc) is 3.28. The van der Waals surface area contributed by atoms with E-state index in [2.05, 4.69) is 38.5 Å². The van der Waals surface area contributed by atoms with E-state index in [4.69, 9.17) is 19.3 Å². The Balaban J connectivity index is 1.84. The van der Waals surface area contributed by atoms with Crippen LogP contribution in [0.3, 0.4) is 0 Å².